The molecule has 2 rings (SSSR count). The van der Waals surface area contributed by atoms with E-state index in [0.717, 1.165) is 12.1 Å². The van der Waals surface area contributed by atoms with Crippen LogP contribution in [0.1, 0.15) is 11.3 Å². The van der Waals surface area contributed by atoms with E-state index in [2.05, 4.69) is 4.98 Å². The van der Waals surface area contributed by atoms with Gasteiger partial charge in [0.25, 0.3) is 0 Å². The molecule has 7 heteroatoms. The second kappa shape index (κ2) is 5.51. The first-order chi connectivity index (χ1) is 9.41. The standard InChI is InChI=1S/C13H6F4N2S/c14-9-3-1-2-4-10(9)20-12-8(7-18)5-6-11(19-12)13(15,16)17/h1-6H. The predicted molar refractivity (Wildman–Crippen MR) is 64.5 cm³/mol. The molecule has 2 nitrogen and oxygen atoms in total. The maximum atomic E-state index is 13.5. The molecular weight excluding hydrogens is 292 g/mol. The van der Waals surface area contributed by atoms with Gasteiger partial charge in [-0.3, -0.25) is 0 Å². The average molecular weight is 298 g/mol. The molecule has 1 aromatic carbocycles. The molecule has 0 amide bonds. The van der Waals surface area contributed by atoms with Crippen LogP contribution in [-0.4, -0.2) is 4.98 Å². The van der Waals surface area contributed by atoms with E-state index in [-0.39, 0.29) is 15.5 Å². The summed E-state index contributed by atoms with van der Waals surface area (Å²) in [5.41, 5.74) is -1.15. The van der Waals surface area contributed by atoms with E-state index in [1.165, 1.54) is 18.2 Å². The molecule has 1 aromatic heterocycles. The van der Waals surface area contributed by atoms with Crippen LogP contribution in [0.5, 0.6) is 0 Å². The third-order valence-electron chi connectivity index (χ3n) is 2.31. The van der Waals surface area contributed by atoms with Crippen molar-refractivity contribution in [2.24, 2.45) is 0 Å². The van der Waals surface area contributed by atoms with Crippen molar-refractivity contribution >= 4 is 11.8 Å². The van der Waals surface area contributed by atoms with Crippen LogP contribution < -0.4 is 0 Å². The minimum absolute atomic E-state index is 0.0359. The van der Waals surface area contributed by atoms with Crippen molar-refractivity contribution in [1.29, 1.82) is 5.26 Å². The zero-order valence-corrected chi connectivity index (χ0v) is 10.6. The molecule has 2 aromatic rings. The molecule has 1 heterocycles. The van der Waals surface area contributed by atoms with Gasteiger partial charge in [0.1, 0.15) is 22.6 Å². The molecule has 0 radical (unpaired) electrons. The molecule has 0 atom stereocenters. The Morgan fingerprint density at radius 3 is 2.40 bits per heavy atom. The summed E-state index contributed by atoms with van der Waals surface area (Å²) < 4.78 is 51.3. The predicted octanol–water partition coefficient (Wildman–Crippen LogP) is 4.26. The first-order valence-electron chi connectivity index (χ1n) is 5.32. The van der Waals surface area contributed by atoms with E-state index >= 15 is 0 Å². The van der Waals surface area contributed by atoms with Gasteiger partial charge in [-0.15, -0.1) is 0 Å². The lowest BCUT2D eigenvalue weighted by molar-refractivity contribution is -0.141. The van der Waals surface area contributed by atoms with Crippen molar-refractivity contribution in [1.82, 2.24) is 4.98 Å². The number of alkyl halides is 3. The normalized spacial score (nSPS) is 11.2. The lowest BCUT2D eigenvalue weighted by atomic mass is 10.2. The Morgan fingerprint density at radius 2 is 1.80 bits per heavy atom. The second-order valence-electron chi connectivity index (χ2n) is 3.69. The van der Waals surface area contributed by atoms with Crippen LogP contribution >= 0.6 is 11.8 Å². The monoisotopic (exact) mass is 298 g/mol. The van der Waals surface area contributed by atoms with Crippen LogP contribution in [0.4, 0.5) is 17.6 Å². The zero-order chi connectivity index (χ0) is 14.8. The molecule has 0 N–H and O–H groups in total. The van der Waals surface area contributed by atoms with E-state index in [1.807, 2.05) is 0 Å². The third-order valence-corrected chi connectivity index (χ3v) is 3.37. The number of pyridine rings is 1. The third kappa shape index (κ3) is 3.08. The van der Waals surface area contributed by atoms with Crippen LogP contribution in [0.25, 0.3) is 0 Å². The van der Waals surface area contributed by atoms with Crippen LogP contribution in [0.15, 0.2) is 46.3 Å². The van der Waals surface area contributed by atoms with Gasteiger partial charge in [-0.1, -0.05) is 23.9 Å². The van der Waals surface area contributed by atoms with Crippen LogP contribution in [0, 0.1) is 17.1 Å². The number of benzene rings is 1. The van der Waals surface area contributed by atoms with E-state index in [4.69, 9.17) is 5.26 Å². The number of halogens is 4. The summed E-state index contributed by atoms with van der Waals surface area (Å²) in [6, 6.07) is 9.09. The smallest absolute Gasteiger partial charge is 0.235 e. The highest BCUT2D eigenvalue weighted by atomic mass is 32.2. The van der Waals surface area contributed by atoms with Crippen molar-refractivity contribution in [3.63, 3.8) is 0 Å². The molecule has 0 fully saturated rings. The number of hydrogen-bond acceptors (Lipinski definition) is 3. The number of nitriles is 1. The van der Waals surface area contributed by atoms with Crippen LogP contribution in [0.3, 0.4) is 0 Å². The lowest BCUT2D eigenvalue weighted by Gasteiger charge is -2.09. The molecule has 102 valence electrons. The minimum atomic E-state index is -4.61. The molecule has 0 aliphatic heterocycles. The first kappa shape index (κ1) is 14.3. The topological polar surface area (TPSA) is 36.7 Å². The summed E-state index contributed by atoms with van der Waals surface area (Å²) in [5, 5.41) is 8.71. The summed E-state index contributed by atoms with van der Waals surface area (Å²) in [6.07, 6.45) is -4.61. The summed E-state index contributed by atoms with van der Waals surface area (Å²) in [7, 11) is 0. The van der Waals surface area contributed by atoms with Crippen LogP contribution in [-0.2, 0) is 6.18 Å². The molecule has 0 saturated carbocycles. The van der Waals surface area contributed by atoms with Gasteiger partial charge in [-0.05, 0) is 24.3 Å². The Hall–Kier alpha value is -2.07. The van der Waals surface area contributed by atoms with E-state index < -0.39 is 17.7 Å². The molecule has 0 aliphatic rings. The molecular formula is C13H6F4N2S. The Bertz CT molecular complexity index is 677. The Labute approximate surface area is 116 Å². The highest BCUT2D eigenvalue weighted by molar-refractivity contribution is 7.99. The summed E-state index contributed by atoms with van der Waals surface area (Å²) >= 11 is 0.687. The quantitative estimate of drug-likeness (QED) is 0.777. The van der Waals surface area contributed by atoms with Gasteiger partial charge < -0.3 is 0 Å². The maximum Gasteiger partial charge on any atom is 0.433 e. The molecule has 0 bridgehead atoms. The Kier molecular flexibility index (Phi) is 3.95. The number of nitrogens with zero attached hydrogens (tertiary/aromatic N) is 2. The van der Waals surface area contributed by atoms with Gasteiger partial charge in [0.15, 0.2) is 0 Å². The van der Waals surface area contributed by atoms with Crippen molar-refractivity contribution in [3.05, 3.63) is 53.5 Å². The average Bonchev–Trinajstić information content (AvgIpc) is 2.40. The number of aromatic nitrogens is 1. The van der Waals surface area contributed by atoms with Crippen molar-refractivity contribution in [2.45, 2.75) is 16.1 Å². The van der Waals surface area contributed by atoms with Crippen LogP contribution in [0.2, 0.25) is 0 Å². The Balaban J connectivity index is 2.45. The first-order valence-corrected chi connectivity index (χ1v) is 6.14. The molecule has 0 unspecified atom stereocenters. The highest BCUT2D eigenvalue weighted by Crippen LogP contribution is 2.34. The Morgan fingerprint density at radius 1 is 1.10 bits per heavy atom. The fraction of sp³-hybridized carbons (Fsp3) is 0.0769. The number of hydrogen-bond donors (Lipinski definition) is 0. The van der Waals surface area contributed by atoms with Gasteiger partial charge in [0.05, 0.1) is 5.56 Å². The van der Waals surface area contributed by atoms with E-state index in [9.17, 15) is 17.6 Å². The molecule has 0 spiro atoms. The summed E-state index contributed by atoms with van der Waals surface area (Å²) in [6.45, 7) is 0. The van der Waals surface area contributed by atoms with Gasteiger partial charge >= 0.3 is 6.18 Å². The largest absolute Gasteiger partial charge is 0.433 e. The number of rotatable bonds is 2. The van der Waals surface area contributed by atoms with Gasteiger partial charge in [-0.25, -0.2) is 9.37 Å². The van der Waals surface area contributed by atoms with Gasteiger partial charge in [-0.2, -0.15) is 18.4 Å². The fourth-order valence-electron chi connectivity index (χ4n) is 1.39. The van der Waals surface area contributed by atoms with E-state index in [0.29, 0.717) is 11.8 Å². The summed E-state index contributed by atoms with van der Waals surface area (Å²) in [4.78, 5) is 3.51. The SMILES string of the molecule is N#Cc1ccc(C(F)(F)F)nc1Sc1ccccc1F. The van der Waals surface area contributed by atoms with Gasteiger partial charge in [0, 0.05) is 4.90 Å². The minimum Gasteiger partial charge on any atom is -0.235 e. The highest BCUT2D eigenvalue weighted by Gasteiger charge is 2.33. The molecule has 20 heavy (non-hydrogen) atoms. The van der Waals surface area contributed by atoms with Gasteiger partial charge in [0.2, 0.25) is 0 Å². The summed E-state index contributed by atoms with van der Waals surface area (Å²) in [5.74, 6) is -0.583. The maximum absolute atomic E-state index is 13.5. The fourth-order valence-corrected chi connectivity index (χ4v) is 2.28. The zero-order valence-electron chi connectivity index (χ0n) is 9.78. The lowest BCUT2D eigenvalue weighted by Crippen LogP contribution is -2.08. The van der Waals surface area contributed by atoms with Crippen molar-refractivity contribution < 1.29 is 17.6 Å². The molecule has 0 aliphatic carbocycles. The molecule has 0 saturated heterocycles. The van der Waals surface area contributed by atoms with E-state index in [1.54, 1.807) is 12.1 Å². The second-order valence-corrected chi connectivity index (χ2v) is 4.72. The van der Waals surface area contributed by atoms with Crippen molar-refractivity contribution in [3.8, 4) is 6.07 Å². The van der Waals surface area contributed by atoms with Crippen molar-refractivity contribution in [2.75, 3.05) is 0 Å².